The number of amides is 1. The summed E-state index contributed by atoms with van der Waals surface area (Å²) >= 11 is 0. The molecule has 0 unspecified atom stereocenters. The molecule has 0 spiro atoms. The molecule has 0 fully saturated rings. The number of halogens is 1. The van der Waals surface area contributed by atoms with Gasteiger partial charge in [-0.25, -0.2) is 4.79 Å². The van der Waals surface area contributed by atoms with Gasteiger partial charge in [-0.3, -0.25) is 10.1 Å². The van der Waals surface area contributed by atoms with E-state index in [0.717, 1.165) is 18.2 Å². The highest BCUT2D eigenvalue weighted by atomic mass is 19.1. The summed E-state index contributed by atoms with van der Waals surface area (Å²) in [6.45, 7) is 0. The van der Waals surface area contributed by atoms with Crippen LogP contribution in [0.15, 0.2) is 18.2 Å². The molecule has 7 heteroatoms. The van der Waals surface area contributed by atoms with Crippen molar-refractivity contribution in [2.75, 3.05) is 7.05 Å². The van der Waals surface area contributed by atoms with Crippen LogP contribution in [0.25, 0.3) is 0 Å². The van der Waals surface area contributed by atoms with E-state index in [1.54, 1.807) is 0 Å². The summed E-state index contributed by atoms with van der Waals surface area (Å²) in [4.78, 5) is 20.2. The highest BCUT2D eigenvalue weighted by molar-refractivity contribution is 5.70. The number of rotatable bonds is 2. The van der Waals surface area contributed by atoms with Gasteiger partial charge in [0.1, 0.15) is 5.75 Å². The Morgan fingerprint density at radius 1 is 1.60 bits per heavy atom. The second kappa shape index (κ2) is 4.36. The highest BCUT2D eigenvalue weighted by Gasteiger charge is 2.15. The van der Waals surface area contributed by atoms with Crippen LogP contribution in [0.2, 0.25) is 0 Å². The van der Waals surface area contributed by atoms with Crippen molar-refractivity contribution in [1.29, 1.82) is 0 Å². The number of nitro groups is 1. The summed E-state index contributed by atoms with van der Waals surface area (Å²) in [6.07, 6.45) is -0.782. The number of benzene rings is 1. The van der Waals surface area contributed by atoms with Crippen LogP contribution in [0.1, 0.15) is 0 Å². The van der Waals surface area contributed by atoms with E-state index in [-0.39, 0.29) is 5.75 Å². The van der Waals surface area contributed by atoms with Gasteiger partial charge in [0.15, 0.2) is 0 Å². The predicted octanol–water partition coefficient (Wildman–Crippen LogP) is 1.45. The molecule has 1 N–H and O–H groups in total. The van der Waals surface area contributed by atoms with E-state index in [2.05, 4.69) is 10.1 Å². The second-order valence-corrected chi connectivity index (χ2v) is 2.51. The standard InChI is InChI=1S/C8H7FN2O4/c1-10-8(12)15-5-2-3-6(9)7(4-5)11(13)14/h2-4H,1H3,(H,10,12). The molecule has 1 aromatic rings. The van der Waals surface area contributed by atoms with Crippen molar-refractivity contribution >= 4 is 11.8 Å². The van der Waals surface area contributed by atoms with Crippen LogP contribution in [0.4, 0.5) is 14.9 Å². The summed E-state index contributed by atoms with van der Waals surface area (Å²) in [5.74, 6) is -1.08. The molecule has 0 aliphatic rings. The Morgan fingerprint density at radius 2 is 2.27 bits per heavy atom. The zero-order valence-electron chi connectivity index (χ0n) is 7.69. The van der Waals surface area contributed by atoms with Gasteiger partial charge in [-0.05, 0) is 12.1 Å². The van der Waals surface area contributed by atoms with Gasteiger partial charge < -0.3 is 10.1 Å². The molecule has 0 radical (unpaired) electrons. The van der Waals surface area contributed by atoms with E-state index in [9.17, 15) is 19.3 Å². The van der Waals surface area contributed by atoms with Crippen molar-refractivity contribution in [2.24, 2.45) is 0 Å². The van der Waals surface area contributed by atoms with Gasteiger partial charge in [-0.15, -0.1) is 0 Å². The second-order valence-electron chi connectivity index (χ2n) is 2.51. The number of nitrogens with zero attached hydrogens (tertiary/aromatic N) is 1. The quantitative estimate of drug-likeness (QED) is 0.596. The van der Waals surface area contributed by atoms with Crippen molar-refractivity contribution in [3.8, 4) is 5.75 Å². The molecule has 80 valence electrons. The number of nitrogens with one attached hydrogen (secondary N) is 1. The lowest BCUT2D eigenvalue weighted by molar-refractivity contribution is -0.387. The smallest absolute Gasteiger partial charge is 0.410 e. The van der Waals surface area contributed by atoms with E-state index >= 15 is 0 Å². The lowest BCUT2D eigenvalue weighted by Gasteiger charge is -2.02. The van der Waals surface area contributed by atoms with Crippen LogP contribution >= 0.6 is 0 Å². The SMILES string of the molecule is CNC(=O)Oc1ccc(F)c([N+](=O)[O-])c1. The number of carbonyl (C=O) groups is 1. The molecular weight excluding hydrogens is 207 g/mol. The first-order valence-electron chi connectivity index (χ1n) is 3.88. The van der Waals surface area contributed by atoms with Gasteiger partial charge in [0.2, 0.25) is 5.82 Å². The van der Waals surface area contributed by atoms with Gasteiger partial charge in [0.25, 0.3) is 0 Å². The van der Waals surface area contributed by atoms with Crippen molar-refractivity contribution in [3.05, 3.63) is 34.1 Å². The van der Waals surface area contributed by atoms with Gasteiger partial charge in [-0.1, -0.05) is 0 Å². The van der Waals surface area contributed by atoms with Crippen molar-refractivity contribution < 1.29 is 18.8 Å². The first-order valence-corrected chi connectivity index (χ1v) is 3.88. The fourth-order valence-corrected chi connectivity index (χ4v) is 0.854. The minimum absolute atomic E-state index is 0.0950. The molecule has 1 aromatic carbocycles. The van der Waals surface area contributed by atoms with Crippen molar-refractivity contribution in [1.82, 2.24) is 5.32 Å². The van der Waals surface area contributed by atoms with Crippen LogP contribution in [0.3, 0.4) is 0 Å². The fourth-order valence-electron chi connectivity index (χ4n) is 0.854. The maximum atomic E-state index is 12.8. The molecule has 0 heterocycles. The molecule has 0 aliphatic carbocycles. The van der Waals surface area contributed by atoms with Gasteiger partial charge >= 0.3 is 11.8 Å². The van der Waals surface area contributed by atoms with Gasteiger partial charge in [0.05, 0.1) is 11.0 Å². The molecule has 15 heavy (non-hydrogen) atoms. The van der Waals surface area contributed by atoms with E-state index in [1.807, 2.05) is 0 Å². The Labute approximate surface area is 83.8 Å². The Balaban J connectivity index is 2.97. The number of nitro benzene ring substituents is 1. The maximum absolute atomic E-state index is 12.8. The third-order valence-electron chi connectivity index (χ3n) is 1.53. The summed E-state index contributed by atoms with van der Waals surface area (Å²) in [5.41, 5.74) is -0.739. The lowest BCUT2D eigenvalue weighted by atomic mass is 10.3. The Morgan fingerprint density at radius 3 is 2.80 bits per heavy atom. The minimum atomic E-state index is -0.982. The average Bonchev–Trinajstić information content (AvgIpc) is 2.20. The molecule has 0 bridgehead atoms. The van der Waals surface area contributed by atoms with Crippen LogP contribution < -0.4 is 10.1 Å². The maximum Gasteiger partial charge on any atom is 0.412 e. The van der Waals surface area contributed by atoms with Gasteiger partial charge in [0, 0.05) is 7.05 Å². The first-order chi connectivity index (χ1) is 7.04. The highest BCUT2D eigenvalue weighted by Crippen LogP contribution is 2.23. The van der Waals surface area contributed by atoms with Crippen molar-refractivity contribution in [3.63, 3.8) is 0 Å². The Hall–Kier alpha value is -2.18. The zero-order chi connectivity index (χ0) is 11.4. The number of hydrogen-bond donors (Lipinski definition) is 1. The molecule has 1 rings (SSSR count). The number of ether oxygens (including phenoxy) is 1. The van der Waals surface area contributed by atoms with Gasteiger partial charge in [-0.2, -0.15) is 4.39 Å². The largest absolute Gasteiger partial charge is 0.412 e. The van der Waals surface area contributed by atoms with Crippen LogP contribution in [0.5, 0.6) is 5.75 Å². The molecule has 0 atom stereocenters. The van der Waals surface area contributed by atoms with E-state index in [1.165, 1.54) is 7.05 Å². The first kappa shape index (κ1) is 10.9. The Kier molecular flexibility index (Phi) is 3.17. The minimum Gasteiger partial charge on any atom is -0.410 e. The summed E-state index contributed by atoms with van der Waals surface area (Å²) in [7, 11) is 1.33. The third kappa shape index (κ3) is 2.63. The van der Waals surface area contributed by atoms with Crippen LogP contribution in [0, 0.1) is 15.9 Å². The molecule has 0 saturated carbocycles. The van der Waals surface area contributed by atoms with E-state index in [4.69, 9.17) is 0 Å². The predicted molar refractivity (Wildman–Crippen MR) is 48.1 cm³/mol. The van der Waals surface area contributed by atoms with Crippen molar-refractivity contribution in [2.45, 2.75) is 0 Å². The summed E-state index contributed by atoms with van der Waals surface area (Å²) in [5, 5.41) is 12.5. The number of hydrogen-bond acceptors (Lipinski definition) is 4. The molecule has 6 nitrogen and oxygen atoms in total. The van der Waals surface area contributed by atoms with E-state index < -0.39 is 22.5 Å². The third-order valence-corrected chi connectivity index (χ3v) is 1.53. The molecule has 0 aromatic heterocycles. The van der Waals surface area contributed by atoms with E-state index in [0.29, 0.717) is 0 Å². The van der Waals surface area contributed by atoms with Crippen LogP contribution in [-0.2, 0) is 0 Å². The normalized spacial score (nSPS) is 9.47. The topological polar surface area (TPSA) is 81.5 Å². The lowest BCUT2D eigenvalue weighted by Crippen LogP contribution is -2.22. The monoisotopic (exact) mass is 214 g/mol. The number of carbonyl (C=O) groups excluding carboxylic acids is 1. The Bertz CT molecular complexity index is 408. The summed E-state index contributed by atoms with van der Waals surface area (Å²) in [6, 6.07) is 2.82. The molecule has 1 amide bonds. The average molecular weight is 214 g/mol. The summed E-state index contributed by atoms with van der Waals surface area (Å²) < 4.78 is 17.4. The fraction of sp³-hybridized carbons (Fsp3) is 0.125. The molecule has 0 saturated heterocycles. The zero-order valence-corrected chi connectivity index (χ0v) is 7.69. The molecule has 0 aliphatic heterocycles. The molecular formula is C8H7FN2O4. The van der Waals surface area contributed by atoms with Crippen LogP contribution in [-0.4, -0.2) is 18.1 Å².